The molecule has 1 aliphatic carbocycles. The molecule has 1 saturated carbocycles. The van der Waals surface area contributed by atoms with Crippen molar-refractivity contribution in [2.24, 2.45) is 17.1 Å². The van der Waals surface area contributed by atoms with Crippen LogP contribution in [0.2, 0.25) is 0 Å². The lowest BCUT2D eigenvalue weighted by Gasteiger charge is -2.26. The molecule has 1 heterocycles. The largest absolute Gasteiger partial charge is 0.373 e. The highest BCUT2D eigenvalue weighted by Crippen LogP contribution is 2.40. The third-order valence-electron chi connectivity index (χ3n) is 3.13. The zero-order valence-electron chi connectivity index (χ0n) is 10.9. The van der Waals surface area contributed by atoms with Gasteiger partial charge in [0.2, 0.25) is 11.7 Å². The molecule has 0 amide bonds. The second-order valence-electron chi connectivity index (χ2n) is 5.84. The van der Waals surface area contributed by atoms with E-state index in [4.69, 9.17) is 15.0 Å². The average Bonchev–Trinajstić information content (AvgIpc) is 2.97. The van der Waals surface area contributed by atoms with Gasteiger partial charge in [0, 0.05) is 7.11 Å². The van der Waals surface area contributed by atoms with Gasteiger partial charge in [0.25, 0.3) is 0 Å². The van der Waals surface area contributed by atoms with Gasteiger partial charge < -0.3 is 15.0 Å². The third-order valence-corrected chi connectivity index (χ3v) is 3.13. The molecule has 2 atom stereocenters. The van der Waals surface area contributed by atoms with E-state index in [1.807, 2.05) is 0 Å². The summed E-state index contributed by atoms with van der Waals surface area (Å²) in [6.45, 7) is 6.24. The summed E-state index contributed by atoms with van der Waals surface area (Å²) in [7, 11) is 1.66. The first-order valence-corrected chi connectivity index (χ1v) is 6.05. The summed E-state index contributed by atoms with van der Waals surface area (Å²) in [6, 6.07) is -0.117. The average molecular weight is 239 g/mol. The van der Waals surface area contributed by atoms with Crippen molar-refractivity contribution in [3.8, 4) is 0 Å². The van der Waals surface area contributed by atoms with Crippen LogP contribution in [0.1, 0.15) is 57.5 Å². The number of hydrogen-bond donors (Lipinski definition) is 1. The van der Waals surface area contributed by atoms with Crippen molar-refractivity contribution >= 4 is 0 Å². The Hall–Kier alpha value is -0.940. The third kappa shape index (κ3) is 2.66. The SMILES string of the molecule is COC(c1noc(C(N)C2CC2)n1)C(C)(C)C. The van der Waals surface area contributed by atoms with Crippen LogP contribution in [-0.4, -0.2) is 17.3 Å². The molecule has 0 saturated heterocycles. The van der Waals surface area contributed by atoms with Gasteiger partial charge in [-0.25, -0.2) is 0 Å². The summed E-state index contributed by atoms with van der Waals surface area (Å²) < 4.78 is 10.7. The summed E-state index contributed by atoms with van der Waals surface area (Å²) in [5.74, 6) is 1.64. The Bertz CT molecular complexity index is 379. The Labute approximate surface area is 102 Å². The summed E-state index contributed by atoms with van der Waals surface area (Å²) in [5.41, 5.74) is 5.96. The lowest BCUT2D eigenvalue weighted by Crippen LogP contribution is -2.21. The maximum absolute atomic E-state index is 6.03. The van der Waals surface area contributed by atoms with E-state index in [1.165, 1.54) is 0 Å². The molecule has 5 heteroatoms. The number of methoxy groups -OCH3 is 1. The van der Waals surface area contributed by atoms with Crippen LogP contribution in [0.25, 0.3) is 0 Å². The summed E-state index contributed by atoms with van der Waals surface area (Å²) >= 11 is 0. The van der Waals surface area contributed by atoms with Gasteiger partial charge in [0.05, 0.1) is 6.04 Å². The van der Waals surface area contributed by atoms with Crippen LogP contribution in [0.4, 0.5) is 0 Å². The first-order chi connectivity index (χ1) is 7.93. The molecule has 0 spiro atoms. The molecule has 96 valence electrons. The first-order valence-electron chi connectivity index (χ1n) is 6.05. The molecule has 2 unspecified atom stereocenters. The highest BCUT2D eigenvalue weighted by atomic mass is 16.5. The molecule has 1 aromatic heterocycles. The Balaban J connectivity index is 2.16. The minimum absolute atomic E-state index is 0.0699. The molecule has 0 bridgehead atoms. The lowest BCUT2D eigenvalue weighted by atomic mass is 9.88. The monoisotopic (exact) mass is 239 g/mol. The van der Waals surface area contributed by atoms with Gasteiger partial charge in [0.15, 0.2) is 0 Å². The lowest BCUT2D eigenvalue weighted by molar-refractivity contribution is 0.00718. The first kappa shape index (κ1) is 12.5. The van der Waals surface area contributed by atoms with Gasteiger partial charge in [-0.15, -0.1) is 0 Å². The molecule has 1 aliphatic rings. The molecule has 2 rings (SSSR count). The van der Waals surface area contributed by atoms with Gasteiger partial charge in [0.1, 0.15) is 6.10 Å². The predicted molar refractivity (Wildman–Crippen MR) is 63.2 cm³/mol. The smallest absolute Gasteiger partial charge is 0.243 e. The quantitative estimate of drug-likeness (QED) is 0.872. The molecule has 2 N–H and O–H groups in total. The second-order valence-corrected chi connectivity index (χ2v) is 5.84. The standard InChI is InChI=1S/C12H21N3O2/c1-12(2,3)9(16-4)10-14-11(17-15-10)8(13)7-5-6-7/h7-9H,5-6,13H2,1-4H3. The highest BCUT2D eigenvalue weighted by molar-refractivity contribution is 5.02. The Morgan fingerprint density at radius 1 is 1.41 bits per heavy atom. The van der Waals surface area contributed by atoms with Crippen molar-refractivity contribution in [1.82, 2.24) is 10.1 Å². The number of nitrogens with zero attached hydrogens (tertiary/aromatic N) is 2. The van der Waals surface area contributed by atoms with Crippen LogP contribution in [0.3, 0.4) is 0 Å². The summed E-state index contributed by atoms with van der Waals surface area (Å²) in [4.78, 5) is 4.38. The van der Waals surface area contributed by atoms with Gasteiger partial charge in [-0.05, 0) is 24.2 Å². The van der Waals surface area contributed by atoms with Gasteiger partial charge in [-0.3, -0.25) is 0 Å². The fourth-order valence-corrected chi connectivity index (χ4v) is 1.99. The number of hydrogen-bond acceptors (Lipinski definition) is 5. The van der Waals surface area contributed by atoms with Crippen molar-refractivity contribution in [3.05, 3.63) is 11.7 Å². The van der Waals surface area contributed by atoms with Gasteiger partial charge in [-0.2, -0.15) is 4.98 Å². The molecule has 0 radical (unpaired) electrons. The van der Waals surface area contributed by atoms with Crippen molar-refractivity contribution < 1.29 is 9.26 Å². The fraction of sp³-hybridized carbons (Fsp3) is 0.833. The van der Waals surface area contributed by atoms with Crippen molar-refractivity contribution in [1.29, 1.82) is 0 Å². The van der Waals surface area contributed by atoms with Crippen LogP contribution in [0.15, 0.2) is 4.52 Å². The van der Waals surface area contributed by atoms with Crippen LogP contribution in [-0.2, 0) is 4.74 Å². The maximum Gasteiger partial charge on any atom is 0.243 e. The Morgan fingerprint density at radius 2 is 2.06 bits per heavy atom. The number of ether oxygens (including phenoxy) is 1. The molecular formula is C12H21N3O2. The summed E-state index contributed by atoms with van der Waals surface area (Å²) in [5, 5.41) is 3.99. The minimum atomic E-state index is -0.175. The molecule has 0 aromatic carbocycles. The van der Waals surface area contributed by atoms with Gasteiger partial charge >= 0.3 is 0 Å². The minimum Gasteiger partial charge on any atom is -0.373 e. The molecule has 1 aromatic rings. The van der Waals surface area contributed by atoms with E-state index in [0.717, 1.165) is 12.8 Å². The van der Waals surface area contributed by atoms with E-state index in [1.54, 1.807) is 7.11 Å². The molecule has 1 fully saturated rings. The van der Waals surface area contributed by atoms with Crippen molar-refractivity contribution in [3.63, 3.8) is 0 Å². The Kier molecular flexibility index (Phi) is 3.23. The van der Waals surface area contributed by atoms with Crippen LogP contribution in [0.5, 0.6) is 0 Å². The van der Waals surface area contributed by atoms with E-state index in [9.17, 15) is 0 Å². The van der Waals surface area contributed by atoms with E-state index in [-0.39, 0.29) is 17.6 Å². The van der Waals surface area contributed by atoms with Crippen LogP contribution in [0, 0.1) is 11.3 Å². The van der Waals surface area contributed by atoms with Crippen molar-refractivity contribution in [2.75, 3.05) is 7.11 Å². The maximum atomic E-state index is 6.03. The molecule has 5 nitrogen and oxygen atoms in total. The normalized spacial score (nSPS) is 20.3. The molecule has 0 aliphatic heterocycles. The molecular weight excluding hydrogens is 218 g/mol. The van der Waals surface area contributed by atoms with E-state index >= 15 is 0 Å². The Morgan fingerprint density at radius 3 is 2.53 bits per heavy atom. The fourth-order valence-electron chi connectivity index (χ4n) is 1.99. The predicted octanol–water partition coefficient (Wildman–Crippen LogP) is 2.21. The van der Waals surface area contributed by atoms with Crippen LogP contribution < -0.4 is 5.73 Å². The van der Waals surface area contributed by atoms with E-state index in [2.05, 4.69) is 30.9 Å². The second kappa shape index (κ2) is 4.38. The molecule has 17 heavy (non-hydrogen) atoms. The van der Waals surface area contributed by atoms with Crippen LogP contribution >= 0.6 is 0 Å². The van der Waals surface area contributed by atoms with E-state index in [0.29, 0.717) is 17.6 Å². The zero-order chi connectivity index (χ0) is 12.6. The number of aromatic nitrogens is 2. The highest BCUT2D eigenvalue weighted by Gasteiger charge is 2.35. The van der Waals surface area contributed by atoms with Gasteiger partial charge in [-0.1, -0.05) is 25.9 Å². The summed E-state index contributed by atoms with van der Waals surface area (Å²) in [6.07, 6.45) is 2.14. The van der Waals surface area contributed by atoms with Crippen molar-refractivity contribution in [2.45, 2.75) is 45.8 Å². The topological polar surface area (TPSA) is 74.2 Å². The number of nitrogens with two attached hydrogens (primary N) is 1. The van der Waals surface area contributed by atoms with E-state index < -0.39 is 0 Å². The zero-order valence-corrected chi connectivity index (χ0v) is 10.9. The number of rotatable bonds is 4.